The number of hydrogen-bond acceptors (Lipinski definition) is 3. The average Bonchev–Trinajstić information content (AvgIpc) is 2.12. The van der Waals surface area contributed by atoms with Gasteiger partial charge in [-0.25, -0.2) is 8.42 Å². The highest BCUT2D eigenvalue weighted by Crippen LogP contribution is 2.45. The molecule has 18 heavy (non-hydrogen) atoms. The maximum atomic E-state index is 11.1. The van der Waals surface area contributed by atoms with E-state index in [1.807, 2.05) is 0 Å². The highest BCUT2D eigenvalue weighted by Gasteiger charge is 2.38. The molecule has 4 atom stereocenters. The predicted molar refractivity (Wildman–Crippen MR) is 75.4 cm³/mol. The van der Waals surface area contributed by atoms with Gasteiger partial charge in [0.1, 0.15) is 9.84 Å². The minimum absolute atomic E-state index is 0.124. The Labute approximate surface area is 112 Å². The molecule has 4 heteroatoms. The molecule has 0 amide bonds. The van der Waals surface area contributed by atoms with Gasteiger partial charge in [0.05, 0.1) is 18.5 Å². The van der Waals surface area contributed by atoms with Gasteiger partial charge in [-0.15, -0.1) is 0 Å². The predicted octanol–water partition coefficient (Wildman–Crippen LogP) is 2.90. The molecule has 0 aromatic heterocycles. The third-order valence-corrected chi connectivity index (χ3v) is 5.15. The fraction of sp³-hybridized carbons (Fsp3) is 1.00. The summed E-state index contributed by atoms with van der Waals surface area (Å²) in [5.74, 6) is 1.60. The van der Waals surface area contributed by atoms with E-state index in [0.717, 1.165) is 11.8 Å². The molecular formula is C14H28O3S. The summed E-state index contributed by atoms with van der Waals surface area (Å²) in [7, 11) is -2.92. The van der Waals surface area contributed by atoms with Gasteiger partial charge in [-0.3, -0.25) is 0 Å². The van der Waals surface area contributed by atoms with Gasteiger partial charge in [0, 0.05) is 6.26 Å². The van der Waals surface area contributed by atoms with Gasteiger partial charge in [0.2, 0.25) is 0 Å². The van der Waals surface area contributed by atoms with Crippen molar-refractivity contribution >= 4 is 9.84 Å². The maximum Gasteiger partial charge on any atom is 0.149 e. The highest BCUT2D eigenvalue weighted by atomic mass is 32.2. The zero-order chi connectivity index (χ0) is 14.0. The van der Waals surface area contributed by atoms with Crippen molar-refractivity contribution in [3.63, 3.8) is 0 Å². The summed E-state index contributed by atoms with van der Waals surface area (Å²) >= 11 is 0. The molecule has 1 saturated carbocycles. The maximum absolute atomic E-state index is 11.1. The Morgan fingerprint density at radius 3 is 2.22 bits per heavy atom. The first-order valence-electron chi connectivity index (χ1n) is 6.92. The summed E-state index contributed by atoms with van der Waals surface area (Å²) in [6.45, 7) is 9.30. The van der Waals surface area contributed by atoms with E-state index in [1.165, 1.54) is 25.5 Å². The van der Waals surface area contributed by atoms with E-state index in [2.05, 4.69) is 27.7 Å². The number of hydrogen-bond donors (Lipinski definition) is 0. The van der Waals surface area contributed by atoms with Crippen LogP contribution in [0.1, 0.15) is 47.0 Å². The fourth-order valence-corrected chi connectivity index (χ4v) is 3.84. The molecule has 1 rings (SSSR count). The van der Waals surface area contributed by atoms with Crippen LogP contribution in [0.15, 0.2) is 0 Å². The second-order valence-corrected chi connectivity index (χ2v) is 8.91. The Bertz CT molecular complexity index is 351. The zero-order valence-electron chi connectivity index (χ0n) is 12.4. The minimum Gasteiger partial charge on any atom is -0.377 e. The summed E-state index contributed by atoms with van der Waals surface area (Å²) in [5.41, 5.74) is 0.189. The lowest BCUT2D eigenvalue weighted by Crippen LogP contribution is -2.39. The van der Waals surface area contributed by atoms with Gasteiger partial charge >= 0.3 is 0 Å². The number of rotatable bonds is 5. The molecule has 0 saturated heterocycles. The van der Waals surface area contributed by atoms with E-state index in [-0.39, 0.29) is 17.3 Å². The first-order chi connectivity index (χ1) is 8.12. The van der Waals surface area contributed by atoms with Crippen LogP contribution in [0.3, 0.4) is 0 Å². The van der Waals surface area contributed by atoms with Crippen molar-refractivity contribution < 1.29 is 13.2 Å². The molecule has 1 unspecified atom stereocenters. The summed E-state index contributed by atoms with van der Waals surface area (Å²) < 4.78 is 28.0. The monoisotopic (exact) mass is 276 g/mol. The molecule has 0 N–H and O–H groups in total. The Hall–Kier alpha value is -0.0900. The van der Waals surface area contributed by atoms with Crippen LogP contribution in [0.4, 0.5) is 0 Å². The summed E-state index contributed by atoms with van der Waals surface area (Å²) in [6.07, 6.45) is 5.04. The van der Waals surface area contributed by atoms with Crippen molar-refractivity contribution in [1.29, 1.82) is 0 Å². The van der Waals surface area contributed by atoms with Crippen LogP contribution in [0.2, 0.25) is 0 Å². The first kappa shape index (κ1) is 16.0. The van der Waals surface area contributed by atoms with E-state index < -0.39 is 9.84 Å². The summed E-state index contributed by atoms with van der Waals surface area (Å²) in [5, 5.41) is 0. The molecule has 0 aromatic rings. The third-order valence-electron chi connectivity index (χ3n) is 4.24. The summed E-state index contributed by atoms with van der Waals surface area (Å²) in [6, 6.07) is 0. The van der Waals surface area contributed by atoms with Gasteiger partial charge in [0.15, 0.2) is 0 Å². The lowest BCUT2D eigenvalue weighted by atomic mass is 9.65. The van der Waals surface area contributed by atoms with Crippen LogP contribution in [-0.4, -0.2) is 33.1 Å². The van der Waals surface area contributed by atoms with Crippen LogP contribution >= 0.6 is 0 Å². The van der Waals surface area contributed by atoms with E-state index >= 15 is 0 Å². The molecule has 0 aromatic carbocycles. The van der Waals surface area contributed by atoms with Crippen LogP contribution in [0, 0.1) is 17.3 Å². The van der Waals surface area contributed by atoms with E-state index in [0.29, 0.717) is 6.61 Å². The number of ether oxygens (including phenoxy) is 1. The number of sulfone groups is 1. The highest BCUT2D eigenvalue weighted by molar-refractivity contribution is 7.90. The molecule has 1 aliphatic carbocycles. The molecule has 0 spiro atoms. The molecule has 108 valence electrons. The van der Waals surface area contributed by atoms with E-state index in [1.54, 1.807) is 0 Å². The van der Waals surface area contributed by atoms with Crippen molar-refractivity contribution in [3.05, 3.63) is 0 Å². The van der Waals surface area contributed by atoms with Crippen molar-refractivity contribution in [1.82, 2.24) is 0 Å². The largest absolute Gasteiger partial charge is 0.377 e. The van der Waals surface area contributed by atoms with Crippen LogP contribution in [0.25, 0.3) is 0 Å². The van der Waals surface area contributed by atoms with Crippen LogP contribution in [-0.2, 0) is 14.6 Å². The Kier molecular flexibility index (Phi) is 5.24. The van der Waals surface area contributed by atoms with Crippen molar-refractivity contribution in [3.8, 4) is 0 Å². The Morgan fingerprint density at radius 2 is 1.78 bits per heavy atom. The Balaban J connectivity index is 2.51. The van der Waals surface area contributed by atoms with Gasteiger partial charge in [-0.1, -0.05) is 20.8 Å². The zero-order valence-corrected chi connectivity index (χ0v) is 13.2. The van der Waals surface area contributed by atoms with Crippen molar-refractivity contribution in [2.75, 3.05) is 18.6 Å². The van der Waals surface area contributed by atoms with Crippen LogP contribution in [0.5, 0.6) is 0 Å². The van der Waals surface area contributed by atoms with E-state index in [9.17, 15) is 8.42 Å². The lowest BCUT2D eigenvalue weighted by molar-refractivity contribution is -0.0528. The molecule has 1 fully saturated rings. The quantitative estimate of drug-likeness (QED) is 0.775. The summed E-state index contributed by atoms with van der Waals surface area (Å²) in [4.78, 5) is 0. The molecule has 3 nitrogen and oxygen atoms in total. The molecule has 0 heterocycles. The lowest BCUT2D eigenvalue weighted by Gasteiger charge is -2.44. The van der Waals surface area contributed by atoms with Gasteiger partial charge in [0.25, 0.3) is 0 Å². The molecule has 0 bridgehead atoms. The first-order valence-corrected chi connectivity index (χ1v) is 8.98. The normalized spacial score (nSPS) is 35.4. The van der Waals surface area contributed by atoms with Crippen molar-refractivity contribution in [2.24, 2.45) is 17.3 Å². The topological polar surface area (TPSA) is 43.4 Å². The standard InChI is InChI=1S/C14H28O3S/c1-11-8-12(2)10-14(4,9-11)13(3)17-6-7-18(5,15)16/h11-13H,6-10H2,1-5H3/t11-,12+,13-,14?/m1/s1. The smallest absolute Gasteiger partial charge is 0.149 e. The minimum atomic E-state index is -2.92. The fourth-order valence-electron chi connectivity index (χ4n) is 3.44. The molecular weight excluding hydrogens is 248 g/mol. The molecule has 1 aliphatic rings. The van der Waals surface area contributed by atoms with Gasteiger partial charge in [-0.05, 0) is 43.4 Å². The molecule has 0 radical (unpaired) electrons. The van der Waals surface area contributed by atoms with Gasteiger partial charge < -0.3 is 4.74 Å². The van der Waals surface area contributed by atoms with Gasteiger partial charge in [-0.2, -0.15) is 0 Å². The second-order valence-electron chi connectivity index (χ2n) is 6.65. The average molecular weight is 276 g/mol. The SMILES string of the molecule is C[C@@H]1C[C@H](C)CC(C)([C@@H](C)OCCS(C)(=O)=O)C1. The molecule has 0 aliphatic heterocycles. The second kappa shape index (κ2) is 5.91. The van der Waals surface area contributed by atoms with E-state index in [4.69, 9.17) is 4.74 Å². The van der Waals surface area contributed by atoms with Crippen molar-refractivity contribution in [2.45, 2.75) is 53.1 Å². The third kappa shape index (κ3) is 4.88. The Morgan fingerprint density at radius 1 is 1.28 bits per heavy atom. The van der Waals surface area contributed by atoms with Crippen LogP contribution < -0.4 is 0 Å².